The Morgan fingerprint density at radius 3 is 2.27 bits per heavy atom. The van der Waals surface area contributed by atoms with Gasteiger partial charge in [0, 0.05) is 5.02 Å². The van der Waals surface area contributed by atoms with Gasteiger partial charge in [-0.15, -0.1) is 0 Å². The molecule has 1 N–H and O–H groups in total. The van der Waals surface area contributed by atoms with Gasteiger partial charge in [-0.1, -0.05) is 52.5 Å². The van der Waals surface area contributed by atoms with Gasteiger partial charge >= 0.3 is 5.97 Å². The van der Waals surface area contributed by atoms with E-state index in [0.717, 1.165) is 9.38 Å². The van der Waals surface area contributed by atoms with Crippen molar-refractivity contribution >= 4 is 52.2 Å². The molecule has 0 spiro atoms. The van der Waals surface area contributed by atoms with E-state index < -0.39 is 16.0 Å². The molecule has 1 aliphatic rings. The third-order valence-electron chi connectivity index (χ3n) is 5.00. The van der Waals surface area contributed by atoms with Crippen LogP contribution in [-0.4, -0.2) is 29.9 Å². The minimum Gasteiger partial charge on any atom is -0.489 e. The predicted molar refractivity (Wildman–Crippen MR) is 131 cm³/mol. The highest BCUT2D eigenvalue weighted by Crippen LogP contribution is 2.34. The van der Waals surface area contributed by atoms with E-state index in [1.54, 1.807) is 66.7 Å². The van der Waals surface area contributed by atoms with Crippen molar-refractivity contribution in [2.24, 2.45) is 0 Å². The number of carboxylic acid groups (broad SMARTS) is 1. The lowest BCUT2D eigenvalue weighted by Crippen LogP contribution is -2.31. The molecular formula is C23H19ClN2O5S2. The molecule has 1 aliphatic heterocycles. The molecule has 4 rings (SSSR count). The fraction of sp³-hybridized carbons (Fsp3) is 0.0870. The molecule has 0 atom stereocenters. The second-order valence-corrected chi connectivity index (χ2v) is 10.1. The number of anilines is 1. The zero-order chi connectivity index (χ0) is 23.6. The molecule has 0 bridgehead atoms. The van der Waals surface area contributed by atoms with Crippen molar-refractivity contribution in [3.05, 3.63) is 99.4 Å². The van der Waals surface area contributed by atoms with Crippen molar-refractivity contribution in [2.45, 2.75) is 6.61 Å². The van der Waals surface area contributed by atoms with E-state index in [2.05, 4.69) is 12.8 Å². The Labute approximate surface area is 202 Å². The zero-order valence-corrected chi connectivity index (χ0v) is 19.6. The molecule has 0 amide bonds. The van der Waals surface area contributed by atoms with Gasteiger partial charge in [-0.3, -0.25) is 5.01 Å². The molecule has 170 valence electrons. The molecule has 1 saturated heterocycles. The third kappa shape index (κ3) is 5.17. The van der Waals surface area contributed by atoms with Gasteiger partial charge in [0.15, 0.2) is 0 Å². The van der Waals surface area contributed by atoms with Crippen molar-refractivity contribution in [2.75, 3.05) is 11.6 Å². The highest BCUT2D eigenvalue weighted by molar-refractivity contribution is 8.02. The summed E-state index contributed by atoms with van der Waals surface area (Å²) in [5.74, 6) is -0.374. The Hall–Kier alpha value is -2.98. The van der Waals surface area contributed by atoms with Crippen molar-refractivity contribution in [1.82, 2.24) is 3.82 Å². The number of benzene rings is 3. The van der Waals surface area contributed by atoms with Crippen LogP contribution in [0, 0.1) is 0 Å². The van der Waals surface area contributed by atoms with Crippen molar-refractivity contribution in [3.63, 3.8) is 0 Å². The third-order valence-corrected chi connectivity index (χ3v) is 7.65. The molecule has 3 aromatic rings. The topological polar surface area (TPSA) is 87.2 Å². The van der Waals surface area contributed by atoms with Crippen LogP contribution in [-0.2, 0) is 16.6 Å². The van der Waals surface area contributed by atoms with Crippen LogP contribution in [0.1, 0.15) is 21.5 Å². The Kier molecular flexibility index (Phi) is 6.66. The number of nitrogens with zero attached hydrogens (tertiary/aromatic N) is 2. The summed E-state index contributed by atoms with van der Waals surface area (Å²) in [5, 5.41) is 11.0. The number of aromatic carboxylic acids is 1. The van der Waals surface area contributed by atoms with Crippen molar-refractivity contribution < 1.29 is 23.1 Å². The molecule has 33 heavy (non-hydrogen) atoms. The smallest absolute Gasteiger partial charge is 0.335 e. The maximum absolute atomic E-state index is 12.8. The summed E-state index contributed by atoms with van der Waals surface area (Å²) in [5.41, 5.74) is 2.40. The first-order valence-corrected chi connectivity index (χ1v) is 12.0. The first kappa shape index (κ1) is 23.2. The Morgan fingerprint density at radius 2 is 1.67 bits per heavy atom. The summed E-state index contributed by atoms with van der Waals surface area (Å²) in [6, 6.07) is 20.3. The lowest BCUT2D eigenvalue weighted by Gasteiger charge is -2.22. The molecule has 7 nitrogen and oxygen atoms in total. The van der Waals surface area contributed by atoms with Crippen LogP contribution in [0.3, 0.4) is 0 Å². The van der Waals surface area contributed by atoms with Crippen LogP contribution in [0.2, 0.25) is 5.02 Å². The van der Waals surface area contributed by atoms with Crippen LogP contribution >= 0.6 is 24.4 Å². The van der Waals surface area contributed by atoms with E-state index in [0.29, 0.717) is 22.0 Å². The van der Waals surface area contributed by atoms with Gasteiger partial charge in [0.1, 0.15) is 12.4 Å². The fourth-order valence-corrected chi connectivity index (χ4v) is 5.00. The number of hydrogen-bond donors (Lipinski definition) is 2. The Bertz CT molecular complexity index is 1290. The summed E-state index contributed by atoms with van der Waals surface area (Å²) < 4.78 is 32.2. The SMILES string of the molecule is O=C(O)c1ccc(COc2ccc(/C=C3/CN(c4ccc(Cl)cc4)N(S)S3(=O)=O)cc2)cc1. The van der Waals surface area contributed by atoms with Crippen LogP contribution in [0.15, 0.2) is 77.7 Å². The van der Waals surface area contributed by atoms with E-state index in [1.165, 1.54) is 17.1 Å². The number of carboxylic acids is 1. The number of halogens is 1. The van der Waals surface area contributed by atoms with Gasteiger partial charge in [0.2, 0.25) is 0 Å². The molecule has 10 heteroatoms. The standard InChI is InChI=1S/C23H19ClN2O5S2/c24-19-7-9-20(10-8-19)25-14-22(33(29,30)26(25)32)13-16-3-11-21(12-4-16)31-15-17-1-5-18(6-2-17)23(27)28/h1-13,32H,14-15H2,(H,27,28)/b22-13-. The summed E-state index contributed by atoms with van der Waals surface area (Å²) in [6.07, 6.45) is 1.60. The number of sulfonamides is 1. The quantitative estimate of drug-likeness (QED) is 0.468. The van der Waals surface area contributed by atoms with Gasteiger partial charge in [0.05, 0.1) is 22.7 Å². The number of carbonyl (C=O) groups is 1. The Morgan fingerprint density at radius 1 is 1.03 bits per heavy atom. The molecular weight excluding hydrogens is 484 g/mol. The van der Waals surface area contributed by atoms with Gasteiger partial charge in [-0.2, -0.15) is 0 Å². The summed E-state index contributed by atoms with van der Waals surface area (Å²) >= 11 is 10.1. The number of thiol groups is 1. The summed E-state index contributed by atoms with van der Waals surface area (Å²) in [7, 11) is -3.76. The number of hydrogen-bond acceptors (Lipinski definition) is 6. The van der Waals surface area contributed by atoms with Crippen molar-refractivity contribution in [3.8, 4) is 5.75 Å². The maximum Gasteiger partial charge on any atom is 0.335 e. The predicted octanol–water partition coefficient (Wildman–Crippen LogP) is 4.87. The second kappa shape index (κ2) is 9.48. The van der Waals surface area contributed by atoms with Crippen LogP contribution in [0.5, 0.6) is 5.75 Å². The highest BCUT2D eigenvalue weighted by Gasteiger charge is 2.38. The van der Waals surface area contributed by atoms with E-state index in [1.807, 2.05) is 0 Å². The number of hydrazine groups is 1. The van der Waals surface area contributed by atoms with E-state index in [4.69, 9.17) is 21.4 Å². The average molecular weight is 503 g/mol. The van der Waals surface area contributed by atoms with Crippen LogP contribution in [0.4, 0.5) is 5.69 Å². The fourth-order valence-electron chi connectivity index (χ4n) is 3.20. The molecule has 3 aromatic carbocycles. The molecule has 0 aliphatic carbocycles. The van der Waals surface area contributed by atoms with Gasteiger partial charge < -0.3 is 9.84 Å². The summed E-state index contributed by atoms with van der Waals surface area (Å²) in [6.45, 7) is 0.414. The van der Waals surface area contributed by atoms with Gasteiger partial charge in [-0.05, 0) is 65.7 Å². The Balaban J connectivity index is 1.45. The lowest BCUT2D eigenvalue weighted by atomic mass is 10.1. The van der Waals surface area contributed by atoms with Crippen molar-refractivity contribution in [1.29, 1.82) is 0 Å². The highest BCUT2D eigenvalue weighted by atomic mass is 35.5. The monoisotopic (exact) mass is 502 g/mol. The first-order valence-electron chi connectivity index (χ1n) is 9.77. The molecule has 0 radical (unpaired) electrons. The van der Waals surface area contributed by atoms with E-state index in [-0.39, 0.29) is 23.6 Å². The first-order chi connectivity index (χ1) is 15.7. The zero-order valence-electron chi connectivity index (χ0n) is 17.1. The van der Waals surface area contributed by atoms with E-state index in [9.17, 15) is 13.2 Å². The van der Waals surface area contributed by atoms with Crippen LogP contribution in [0.25, 0.3) is 6.08 Å². The minimum atomic E-state index is -3.76. The molecule has 1 heterocycles. The molecule has 0 unspecified atom stereocenters. The number of rotatable bonds is 6. The van der Waals surface area contributed by atoms with Gasteiger partial charge in [0.25, 0.3) is 10.0 Å². The van der Waals surface area contributed by atoms with Gasteiger partial charge in [-0.25, -0.2) is 13.2 Å². The summed E-state index contributed by atoms with van der Waals surface area (Å²) in [4.78, 5) is 11.1. The van der Waals surface area contributed by atoms with Crippen LogP contribution < -0.4 is 9.75 Å². The normalized spacial score (nSPS) is 16.8. The molecule has 0 saturated carbocycles. The molecule has 0 aromatic heterocycles. The van der Waals surface area contributed by atoms with E-state index >= 15 is 0 Å². The lowest BCUT2D eigenvalue weighted by molar-refractivity contribution is 0.0697. The second-order valence-electron chi connectivity index (χ2n) is 7.23. The average Bonchev–Trinajstić information content (AvgIpc) is 3.03. The minimum absolute atomic E-state index is 0.137. The largest absolute Gasteiger partial charge is 0.489 e. The number of ether oxygens (including phenoxy) is 1. The maximum atomic E-state index is 12.8. The molecule has 1 fully saturated rings.